The van der Waals surface area contributed by atoms with E-state index < -0.39 is 6.04 Å². The smallest absolute Gasteiger partial charge is 0.165 e. The third kappa shape index (κ3) is 3.31. The van der Waals surface area contributed by atoms with Gasteiger partial charge in [0.1, 0.15) is 12.1 Å². The average molecular weight is 345 g/mol. The number of hydrogen-bond acceptors (Lipinski definition) is 6. The topological polar surface area (TPSA) is 87.3 Å². The monoisotopic (exact) mass is 345 g/mol. The number of aliphatic hydroxyl groups is 2. The van der Waals surface area contributed by atoms with Gasteiger partial charge in [-0.05, 0) is 24.1 Å². The standard InChI is InChI=1S/C17H20FN5O2/c1-11-5-12(3-4-14(11)18)6-22(2)16-15-17(20-9-19-16)23(10-21-15)13(7-24)8-25/h3-5,9-10,13,24-25H,6-8H2,1-2H3. The minimum Gasteiger partial charge on any atom is -0.394 e. The SMILES string of the molecule is Cc1cc(CN(C)c2ncnc3c2ncn3C(CO)CO)ccc1F. The molecule has 7 nitrogen and oxygen atoms in total. The zero-order valence-electron chi connectivity index (χ0n) is 14.1. The maximum atomic E-state index is 13.4. The van der Waals surface area contributed by atoms with Crippen LogP contribution in [0.5, 0.6) is 0 Å². The summed E-state index contributed by atoms with van der Waals surface area (Å²) in [6.07, 6.45) is 2.96. The molecule has 0 unspecified atom stereocenters. The van der Waals surface area contributed by atoms with Crippen molar-refractivity contribution in [1.82, 2.24) is 19.5 Å². The lowest BCUT2D eigenvalue weighted by molar-refractivity contribution is 0.156. The number of benzene rings is 1. The van der Waals surface area contributed by atoms with Crippen molar-refractivity contribution >= 4 is 17.0 Å². The van der Waals surface area contributed by atoms with E-state index in [0.29, 0.717) is 29.1 Å². The number of rotatable bonds is 6. The predicted molar refractivity (Wildman–Crippen MR) is 91.8 cm³/mol. The molecule has 8 heteroatoms. The van der Waals surface area contributed by atoms with Crippen molar-refractivity contribution in [2.24, 2.45) is 0 Å². The van der Waals surface area contributed by atoms with Gasteiger partial charge in [-0.1, -0.05) is 12.1 Å². The highest BCUT2D eigenvalue weighted by molar-refractivity contribution is 5.83. The van der Waals surface area contributed by atoms with Crippen molar-refractivity contribution in [3.05, 3.63) is 47.8 Å². The summed E-state index contributed by atoms with van der Waals surface area (Å²) in [5.74, 6) is 0.397. The van der Waals surface area contributed by atoms with Crippen molar-refractivity contribution in [1.29, 1.82) is 0 Å². The highest BCUT2D eigenvalue weighted by Crippen LogP contribution is 2.24. The lowest BCUT2D eigenvalue weighted by Crippen LogP contribution is -2.19. The van der Waals surface area contributed by atoms with E-state index in [-0.39, 0.29) is 19.0 Å². The van der Waals surface area contributed by atoms with Gasteiger partial charge in [-0.2, -0.15) is 0 Å². The van der Waals surface area contributed by atoms with E-state index in [4.69, 9.17) is 0 Å². The van der Waals surface area contributed by atoms with E-state index in [0.717, 1.165) is 5.56 Å². The van der Waals surface area contributed by atoms with Gasteiger partial charge in [-0.25, -0.2) is 19.3 Å². The Morgan fingerprint density at radius 2 is 1.96 bits per heavy atom. The molecular weight excluding hydrogens is 325 g/mol. The summed E-state index contributed by atoms with van der Waals surface area (Å²) in [6, 6.07) is 4.49. The molecule has 0 radical (unpaired) electrons. The zero-order chi connectivity index (χ0) is 18.0. The number of aliphatic hydroxyl groups excluding tert-OH is 2. The Labute approximate surface area is 144 Å². The second-order valence-electron chi connectivity index (χ2n) is 5.98. The molecule has 132 valence electrons. The van der Waals surface area contributed by atoms with Crippen LogP contribution in [0.3, 0.4) is 0 Å². The highest BCUT2D eigenvalue weighted by atomic mass is 19.1. The molecule has 0 spiro atoms. The molecule has 1 aromatic carbocycles. The lowest BCUT2D eigenvalue weighted by Gasteiger charge is -2.19. The second-order valence-corrected chi connectivity index (χ2v) is 5.98. The first-order valence-electron chi connectivity index (χ1n) is 7.90. The minimum absolute atomic E-state index is 0.216. The number of fused-ring (bicyclic) bond motifs is 1. The van der Waals surface area contributed by atoms with Crippen LogP contribution in [0.25, 0.3) is 11.2 Å². The number of aromatic nitrogens is 4. The first-order valence-corrected chi connectivity index (χ1v) is 7.90. The molecule has 3 aromatic rings. The second kappa shape index (κ2) is 7.12. The van der Waals surface area contributed by atoms with Crippen LogP contribution >= 0.6 is 0 Å². The molecule has 0 saturated carbocycles. The molecule has 0 fully saturated rings. The van der Waals surface area contributed by atoms with Gasteiger partial charge in [0.15, 0.2) is 17.0 Å². The van der Waals surface area contributed by atoms with Crippen molar-refractivity contribution in [2.45, 2.75) is 19.5 Å². The largest absolute Gasteiger partial charge is 0.394 e. The Balaban J connectivity index is 1.93. The molecule has 0 amide bonds. The molecule has 0 saturated heterocycles. The van der Waals surface area contributed by atoms with Crippen LogP contribution in [0.1, 0.15) is 17.2 Å². The quantitative estimate of drug-likeness (QED) is 0.703. The highest BCUT2D eigenvalue weighted by Gasteiger charge is 2.18. The molecule has 3 rings (SSSR count). The number of halogens is 1. The summed E-state index contributed by atoms with van der Waals surface area (Å²) in [7, 11) is 1.87. The molecule has 0 bridgehead atoms. The number of nitrogens with zero attached hydrogens (tertiary/aromatic N) is 5. The molecule has 0 aliphatic heterocycles. The molecule has 25 heavy (non-hydrogen) atoms. The van der Waals surface area contributed by atoms with E-state index >= 15 is 0 Å². The van der Waals surface area contributed by atoms with E-state index in [1.807, 2.05) is 11.9 Å². The zero-order valence-corrected chi connectivity index (χ0v) is 14.1. The van der Waals surface area contributed by atoms with Crippen LogP contribution in [-0.2, 0) is 6.54 Å². The molecule has 0 aliphatic carbocycles. The van der Waals surface area contributed by atoms with Gasteiger partial charge in [-0.15, -0.1) is 0 Å². The summed E-state index contributed by atoms with van der Waals surface area (Å²) >= 11 is 0. The summed E-state index contributed by atoms with van der Waals surface area (Å²) in [5.41, 5.74) is 2.67. The fourth-order valence-corrected chi connectivity index (χ4v) is 2.77. The lowest BCUT2D eigenvalue weighted by atomic mass is 10.1. The number of aryl methyl sites for hydroxylation is 1. The first-order chi connectivity index (χ1) is 12.0. The summed E-state index contributed by atoms with van der Waals surface area (Å²) < 4.78 is 15.1. The molecule has 0 aliphatic rings. The Hall–Kier alpha value is -2.58. The normalized spacial score (nSPS) is 11.4. The third-order valence-corrected chi connectivity index (χ3v) is 4.16. The summed E-state index contributed by atoms with van der Waals surface area (Å²) in [6.45, 7) is 1.83. The Kier molecular flexibility index (Phi) is 4.91. The molecule has 0 atom stereocenters. The minimum atomic E-state index is -0.502. The Bertz CT molecular complexity index is 879. The van der Waals surface area contributed by atoms with E-state index in [9.17, 15) is 14.6 Å². The van der Waals surface area contributed by atoms with Crippen molar-refractivity contribution < 1.29 is 14.6 Å². The molecule has 2 N–H and O–H groups in total. The molecule has 2 aromatic heterocycles. The maximum absolute atomic E-state index is 13.4. The Morgan fingerprint density at radius 3 is 2.64 bits per heavy atom. The molecule has 2 heterocycles. The molecular formula is C17H20FN5O2. The fourth-order valence-electron chi connectivity index (χ4n) is 2.77. The van der Waals surface area contributed by atoms with Crippen LogP contribution in [0.2, 0.25) is 0 Å². The number of hydrogen-bond donors (Lipinski definition) is 2. The van der Waals surface area contributed by atoms with Crippen molar-refractivity contribution in [3.8, 4) is 0 Å². The first kappa shape index (κ1) is 17.2. The van der Waals surface area contributed by atoms with E-state index in [1.165, 1.54) is 18.7 Å². The third-order valence-electron chi connectivity index (χ3n) is 4.16. The van der Waals surface area contributed by atoms with Crippen LogP contribution in [0.15, 0.2) is 30.9 Å². The average Bonchev–Trinajstić information content (AvgIpc) is 3.03. The predicted octanol–water partition coefficient (Wildman–Crippen LogP) is 1.44. The van der Waals surface area contributed by atoms with Crippen LogP contribution < -0.4 is 4.90 Å². The van der Waals surface area contributed by atoms with Gasteiger partial charge in [0.25, 0.3) is 0 Å². The van der Waals surface area contributed by atoms with Crippen molar-refractivity contribution in [2.75, 3.05) is 25.2 Å². The van der Waals surface area contributed by atoms with Crippen LogP contribution in [-0.4, -0.2) is 50.0 Å². The van der Waals surface area contributed by atoms with Gasteiger partial charge < -0.3 is 19.7 Å². The van der Waals surface area contributed by atoms with Gasteiger partial charge in [0, 0.05) is 13.6 Å². The number of anilines is 1. The van der Waals surface area contributed by atoms with E-state index in [1.54, 1.807) is 23.6 Å². The van der Waals surface area contributed by atoms with Gasteiger partial charge >= 0.3 is 0 Å². The van der Waals surface area contributed by atoms with Gasteiger partial charge in [0.2, 0.25) is 0 Å². The van der Waals surface area contributed by atoms with Gasteiger partial charge in [-0.3, -0.25) is 0 Å². The van der Waals surface area contributed by atoms with E-state index in [2.05, 4.69) is 15.0 Å². The summed E-state index contributed by atoms with van der Waals surface area (Å²) in [4.78, 5) is 14.8. The number of imidazole rings is 1. The van der Waals surface area contributed by atoms with Crippen molar-refractivity contribution in [3.63, 3.8) is 0 Å². The van der Waals surface area contributed by atoms with Crippen LogP contribution in [0.4, 0.5) is 10.2 Å². The van der Waals surface area contributed by atoms with Gasteiger partial charge in [0.05, 0.1) is 25.6 Å². The maximum Gasteiger partial charge on any atom is 0.165 e. The van der Waals surface area contributed by atoms with Crippen LogP contribution in [0, 0.1) is 12.7 Å². The fraction of sp³-hybridized carbons (Fsp3) is 0.353. The Morgan fingerprint density at radius 1 is 1.20 bits per heavy atom. The summed E-state index contributed by atoms with van der Waals surface area (Å²) in [5, 5.41) is 18.8.